The molecular formula is C12H21NO. The number of carbonyl (C=O) groups is 1. The summed E-state index contributed by atoms with van der Waals surface area (Å²) in [7, 11) is 0. The molecule has 0 radical (unpaired) electrons. The van der Waals surface area contributed by atoms with Crippen LogP contribution in [0.3, 0.4) is 0 Å². The molecule has 1 rings (SSSR count). The van der Waals surface area contributed by atoms with Gasteiger partial charge in [-0.3, -0.25) is 4.79 Å². The van der Waals surface area contributed by atoms with Gasteiger partial charge in [-0.05, 0) is 38.2 Å². The van der Waals surface area contributed by atoms with Crippen molar-refractivity contribution in [2.75, 3.05) is 0 Å². The molecule has 0 aromatic rings. The SMILES string of the molecule is CC(N)CC(=O)C1=CCCCCCC1. The van der Waals surface area contributed by atoms with Gasteiger partial charge in [-0.15, -0.1) is 0 Å². The largest absolute Gasteiger partial charge is 0.328 e. The number of allylic oxidation sites excluding steroid dienone is 2. The topological polar surface area (TPSA) is 43.1 Å². The maximum atomic E-state index is 11.7. The van der Waals surface area contributed by atoms with Gasteiger partial charge in [0.1, 0.15) is 0 Å². The first-order chi connectivity index (χ1) is 6.70. The number of carbonyl (C=O) groups excluding carboxylic acids is 1. The molecule has 0 bridgehead atoms. The van der Waals surface area contributed by atoms with Crippen molar-refractivity contribution < 1.29 is 4.79 Å². The Morgan fingerprint density at radius 1 is 1.43 bits per heavy atom. The summed E-state index contributed by atoms with van der Waals surface area (Å²) < 4.78 is 0. The van der Waals surface area contributed by atoms with Crippen molar-refractivity contribution in [3.05, 3.63) is 11.6 Å². The van der Waals surface area contributed by atoms with Crippen molar-refractivity contribution in [1.29, 1.82) is 0 Å². The van der Waals surface area contributed by atoms with Gasteiger partial charge < -0.3 is 5.73 Å². The van der Waals surface area contributed by atoms with Gasteiger partial charge in [0.2, 0.25) is 0 Å². The first-order valence-corrected chi connectivity index (χ1v) is 5.68. The maximum Gasteiger partial charge on any atom is 0.160 e. The third kappa shape index (κ3) is 4.05. The van der Waals surface area contributed by atoms with Crippen molar-refractivity contribution in [1.82, 2.24) is 0 Å². The molecule has 1 unspecified atom stereocenters. The number of Topliss-reactive ketones (excluding diaryl/α,β-unsaturated/α-hetero) is 1. The Bertz CT molecular complexity index is 218. The molecule has 0 heterocycles. The molecule has 0 spiro atoms. The lowest BCUT2D eigenvalue weighted by Crippen LogP contribution is -2.20. The second kappa shape index (κ2) is 5.97. The second-order valence-corrected chi connectivity index (χ2v) is 4.29. The van der Waals surface area contributed by atoms with Gasteiger partial charge in [0.15, 0.2) is 5.78 Å². The van der Waals surface area contributed by atoms with E-state index in [1.165, 1.54) is 19.3 Å². The lowest BCUT2D eigenvalue weighted by Gasteiger charge is -2.11. The molecule has 2 nitrogen and oxygen atoms in total. The standard InChI is InChI=1S/C12H21NO/c1-10(13)9-12(14)11-7-5-3-2-4-6-8-11/h7,10H,2-6,8-9,13H2,1H3. The first kappa shape index (κ1) is 11.4. The number of hydrogen-bond donors (Lipinski definition) is 1. The van der Waals surface area contributed by atoms with Gasteiger partial charge >= 0.3 is 0 Å². The molecule has 2 heteroatoms. The van der Waals surface area contributed by atoms with Crippen LogP contribution in [0.25, 0.3) is 0 Å². The van der Waals surface area contributed by atoms with E-state index >= 15 is 0 Å². The van der Waals surface area contributed by atoms with Crippen LogP contribution in [0.4, 0.5) is 0 Å². The van der Waals surface area contributed by atoms with E-state index in [0.29, 0.717) is 6.42 Å². The number of rotatable bonds is 3. The van der Waals surface area contributed by atoms with Crippen molar-refractivity contribution in [3.8, 4) is 0 Å². The van der Waals surface area contributed by atoms with E-state index in [0.717, 1.165) is 24.8 Å². The molecule has 0 saturated heterocycles. The quantitative estimate of drug-likeness (QED) is 0.752. The van der Waals surface area contributed by atoms with Gasteiger partial charge in [0.25, 0.3) is 0 Å². The summed E-state index contributed by atoms with van der Waals surface area (Å²) in [6, 6.07) is -0.00570. The lowest BCUT2D eigenvalue weighted by molar-refractivity contribution is -0.116. The lowest BCUT2D eigenvalue weighted by atomic mass is 9.95. The van der Waals surface area contributed by atoms with E-state index in [-0.39, 0.29) is 11.8 Å². The maximum absolute atomic E-state index is 11.7. The molecule has 0 aromatic heterocycles. The molecule has 80 valence electrons. The van der Waals surface area contributed by atoms with E-state index in [9.17, 15) is 4.79 Å². The van der Waals surface area contributed by atoms with Crippen molar-refractivity contribution >= 4 is 5.78 Å². The predicted octanol–water partition coefficient (Wildman–Crippen LogP) is 2.57. The fraction of sp³-hybridized carbons (Fsp3) is 0.750. The van der Waals surface area contributed by atoms with Crippen LogP contribution in [0.15, 0.2) is 11.6 Å². The Morgan fingerprint density at radius 3 is 2.86 bits per heavy atom. The van der Waals surface area contributed by atoms with Crippen LogP contribution in [0.2, 0.25) is 0 Å². The third-order valence-corrected chi connectivity index (χ3v) is 2.66. The molecule has 0 saturated carbocycles. The average molecular weight is 195 g/mol. The molecule has 14 heavy (non-hydrogen) atoms. The summed E-state index contributed by atoms with van der Waals surface area (Å²) in [5.74, 6) is 0.266. The summed E-state index contributed by atoms with van der Waals surface area (Å²) in [5, 5.41) is 0. The fourth-order valence-electron chi connectivity index (χ4n) is 1.87. The summed E-state index contributed by atoms with van der Waals surface area (Å²) in [6.07, 6.45) is 9.64. The van der Waals surface area contributed by atoms with Gasteiger partial charge in [0, 0.05) is 12.5 Å². The first-order valence-electron chi connectivity index (χ1n) is 5.68. The minimum atomic E-state index is -0.00570. The van der Waals surface area contributed by atoms with Gasteiger partial charge in [0.05, 0.1) is 0 Å². The predicted molar refractivity (Wildman–Crippen MR) is 59.1 cm³/mol. The highest BCUT2D eigenvalue weighted by Gasteiger charge is 2.12. The van der Waals surface area contributed by atoms with Crippen molar-refractivity contribution in [2.45, 2.75) is 57.9 Å². The number of ketones is 1. The minimum absolute atomic E-state index is 0.00570. The van der Waals surface area contributed by atoms with Crippen LogP contribution >= 0.6 is 0 Å². The van der Waals surface area contributed by atoms with Gasteiger partial charge in [-0.1, -0.05) is 18.9 Å². The molecule has 0 amide bonds. The number of nitrogens with two attached hydrogens (primary N) is 1. The molecule has 1 atom stereocenters. The van der Waals surface area contributed by atoms with Crippen LogP contribution < -0.4 is 5.73 Å². The van der Waals surface area contributed by atoms with Crippen LogP contribution in [0.1, 0.15) is 51.9 Å². The monoisotopic (exact) mass is 195 g/mol. The zero-order valence-corrected chi connectivity index (χ0v) is 9.09. The molecule has 2 N–H and O–H groups in total. The van der Waals surface area contributed by atoms with E-state index in [4.69, 9.17) is 5.73 Å². The highest BCUT2D eigenvalue weighted by molar-refractivity contribution is 5.95. The molecular weight excluding hydrogens is 174 g/mol. The summed E-state index contributed by atoms with van der Waals surface area (Å²) >= 11 is 0. The van der Waals surface area contributed by atoms with Gasteiger partial charge in [-0.25, -0.2) is 0 Å². The Balaban J connectivity index is 2.50. The highest BCUT2D eigenvalue weighted by Crippen LogP contribution is 2.18. The van der Waals surface area contributed by atoms with Crippen molar-refractivity contribution in [3.63, 3.8) is 0 Å². The fourth-order valence-corrected chi connectivity index (χ4v) is 1.87. The Labute approximate surface area is 86.6 Å². The average Bonchev–Trinajstić information content (AvgIpc) is 2.00. The summed E-state index contributed by atoms with van der Waals surface area (Å²) in [6.45, 7) is 1.89. The van der Waals surface area contributed by atoms with Crippen LogP contribution in [0, 0.1) is 0 Å². The smallest absolute Gasteiger partial charge is 0.160 e. The van der Waals surface area contributed by atoms with E-state index in [1.807, 2.05) is 6.92 Å². The van der Waals surface area contributed by atoms with Gasteiger partial charge in [-0.2, -0.15) is 0 Å². The molecule has 0 aliphatic heterocycles. The molecule has 0 aromatic carbocycles. The third-order valence-electron chi connectivity index (χ3n) is 2.66. The van der Waals surface area contributed by atoms with E-state index in [2.05, 4.69) is 6.08 Å². The van der Waals surface area contributed by atoms with Crippen molar-refractivity contribution in [2.24, 2.45) is 5.73 Å². The zero-order chi connectivity index (χ0) is 10.4. The Hall–Kier alpha value is -0.630. The highest BCUT2D eigenvalue weighted by atomic mass is 16.1. The molecule has 1 aliphatic carbocycles. The van der Waals surface area contributed by atoms with Crippen LogP contribution in [0.5, 0.6) is 0 Å². The Morgan fingerprint density at radius 2 is 2.14 bits per heavy atom. The van der Waals surface area contributed by atoms with E-state index in [1.54, 1.807) is 0 Å². The second-order valence-electron chi connectivity index (χ2n) is 4.29. The minimum Gasteiger partial charge on any atom is -0.328 e. The molecule has 0 fully saturated rings. The zero-order valence-electron chi connectivity index (χ0n) is 9.09. The normalized spacial score (nSPS) is 20.6. The van der Waals surface area contributed by atoms with Crippen LogP contribution in [-0.2, 0) is 4.79 Å². The Kier molecular flexibility index (Phi) is 4.88. The van der Waals surface area contributed by atoms with Crippen LogP contribution in [-0.4, -0.2) is 11.8 Å². The van der Waals surface area contributed by atoms with E-state index < -0.39 is 0 Å². The summed E-state index contributed by atoms with van der Waals surface area (Å²) in [4.78, 5) is 11.7. The molecule has 1 aliphatic rings. The summed E-state index contributed by atoms with van der Waals surface area (Å²) in [5.41, 5.74) is 6.65. The number of hydrogen-bond acceptors (Lipinski definition) is 2.